The zero-order valence-electron chi connectivity index (χ0n) is 22.2. The fourth-order valence-electron chi connectivity index (χ4n) is 5.25. The van der Waals surface area contributed by atoms with Gasteiger partial charge in [-0.3, -0.25) is 19.3 Å². The molecule has 4 unspecified atom stereocenters. The van der Waals surface area contributed by atoms with Crippen LogP contribution >= 0.6 is 0 Å². The van der Waals surface area contributed by atoms with E-state index >= 15 is 0 Å². The van der Waals surface area contributed by atoms with Crippen molar-refractivity contribution in [2.75, 3.05) is 11.4 Å². The van der Waals surface area contributed by atoms with Gasteiger partial charge in [-0.05, 0) is 58.1 Å². The highest BCUT2D eigenvalue weighted by Gasteiger charge is 2.43. The number of hydrogen-bond acceptors (Lipinski definition) is 7. The van der Waals surface area contributed by atoms with Crippen molar-refractivity contribution in [1.82, 2.24) is 10.6 Å². The van der Waals surface area contributed by atoms with Gasteiger partial charge >= 0.3 is 6.09 Å². The molecule has 204 valence electrons. The van der Waals surface area contributed by atoms with E-state index in [1.54, 1.807) is 32.9 Å². The Bertz CT molecular complexity index is 1150. The van der Waals surface area contributed by atoms with Gasteiger partial charge in [0, 0.05) is 36.8 Å². The van der Waals surface area contributed by atoms with Crippen molar-refractivity contribution in [3.8, 4) is 11.8 Å². The number of phenolic OH excluding ortho intramolecular Hbond substituents is 1. The van der Waals surface area contributed by atoms with Crippen molar-refractivity contribution in [3.05, 3.63) is 23.8 Å². The zero-order valence-corrected chi connectivity index (χ0v) is 22.2. The summed E-state index contributed by atoms with van der Waals surface area (Å²) in [6.07, 6.45) is 2.63. The highest BCUT2D eigenvalue weighted by atomic mass is 16.6. The summed E-state index contributed by atoms with van der Waals surface area (Å²) >= 11 is 0. The molecular weight excluding hydrogens is 488 g/mol. The van der Waals surface area contributed by atoms with Crippen LogP contribution in [-0.4, -0.2) is 53.0 Å². The van der Waals surface area contributed by atoms with Crippen LogP contribution in [0.3, 0.4) is 0 Å². The normalized spacial score (nSPS) is 22.2. The molecule has 1 aliphatic carbocycles. The third kappa shape index (κ3) is 6.44. The number of anilines is 1. The van der Waals surface area contributed by atoms with E-state index in [1.165, 1.54) is 11.0 Å². The van der Waals surface area contributed by atoms with Gasteiger partial charge in [-0.25, -0.2) is 4.79 Å². The smallest absolute Gasteiger partial charge is 0.415 e. The Balaban J connectivity index is 1.50. The molecule has 1 saturated heterocycles. The quantitative estimate of drug-likeness (QED) is 0.450. The van der Waals surface area contributed by atoms with E-state index in [0.717, 1.165) is 12.8 Å². The van der Waals surface area contributed by atoms with Crippen LogP contribution < -0.4 is 15.5 Å². The van der Waals surface area contributed by atoms with Gasteiger partial charge in [-0.2, -0.15) is 5.26 Å². The average molecular weight is 525 g/mol. The summed E-state index contributed by atoms with van der Waals surface area (Å²) in [6.45, 7) is 5.76. The molecular formula is C28H36N4O6. The van der Waals surface area contributed by atoms with Gasteiger partial charge in [0.2, 0.25) is 11.8 Å². The molecule has 3 aliphatic rings. The number of fused-ring (bicyclic) bond motifs is 1. The van der Waals surface area contributed by atoms with Crippen molar-refractivity contribution in [2.45, 2.75) is 83.4 Å². The molecule has 3 amide bonds. The molecule has 2 aliphatic heterocycles. The van der Waals surface area contributed by atoms with Crippen LogP contribution in [0.1, 0.15) is 64.9 Å². The SMILES string of the molecule is CC(C)(C)OC(=O)N1c2cccc(O)c2CC1C(=O)CC(CC1CC1)C(=O)NC(C#N)CC1CCNC1=O. The minimum Gasteiger partial charge on any atom is -0.508 e. The first-order valence-electron chi connectivity index (χ1n) is 13.3. The number of benzene rings is 1. The second-order valence-electron chi connectivity index (χ2n) is 11.6. The molecule has 2 fully saturated rings. The second kappa shape index (κ2) is 11.0. The minimum absolute atomic E-state index is 0.00792. The van der Waals surface area contributed by atoms with Gasteiger partial charge in [-0.1, -0.05) is 18.9 Å². The maximum atomic E-state index is 13.7. The van der Waals surface area contributed by atoms with Crippen LogP contribution in [0.4, 0.5) is 10.5 Å². The van der Waals surface area contributed by atoms with Crippen molar-refractivity contribution in [1.29, 1.82) is 5.26 Å². The summed E-state index contributed by atoms with van der Waals surface area (Å²) in [4.78, 5) is 53.3. The van der Waals surface area contributed by atoms with Crippen LogP contribution in [0, 0.1) is 29.1 Å². The zero-order chi connectivity index (χ0) is 27.6. The van der Waals surface area contributed by atoms with Crippen molar-refractivity contribution in [2.24, 2.45) is 17.8 Å². The lowest BCUT2D eigenvalue weighted by atomic mass is 9.90. The molecule has 0 bridgehead atoms. The topological polar surface area (TPSA) is 149 Å². The molecule has 10 heteroatoms. The van der Waals surface area contributed by atoms with Gasteiger partial charge < -0.3 is 20.5 Å². The Hall–Kier alpha value is -3.61. The van der Waals surface area contributed by atoms with E-state index < -0.39 is 35.6 Å². The van der Waals surface area contributed by atoms with E-state index in [2.05, 4.69) is 16.7 Å². The Morgan fingerprint density at radius 1 is 1.24 bits per heavy atom. The third-order valence-electron chi connectivity index (χ3n) is 7.35. The highest BCUT2D eigenvalue weighted by molar-refractivity contribution is 6.02. The summed E-state index contributed by atoms with van der Waals surface area (Å²) in [5, 5.41) is 25.5. The maximum Gasteiger partial charge on any atom is 0.415 e. The van der Waals surface area contributed by atoms with E-state index in [-0.39, 0.29) is 42.6 Å². The standard InChI is InChI=1S/C28H36N4O6/c1-28(2,3)38-27(37)32-21-5-4-6-23(33)20(21)14-22(32)24(34)13-18(11-16-7-8-16)26(36)31-19(15-29)12-17-9-10-30-25(17)35/h4-6,16-19,22,33H,7-14H2,1-3H3,(H,30,35)(H,31,36). The summed E-state index contributed by atoms with van der Waals surface area (Å²) in [5.41, 5.74) is 0.112. The lowest BCUT2D eigenvalue weighted by molar-refractivity contribution is -0.130. The number of rotatable bonds is 9. The van der Waals surface area contributed by atoms with Crippen LogP contribution in [0.15, 0.2) is 18.2 Å². The fourth-order valence-corrected chi connectivity index (χ4v) is 5.25. The number of Topliss-reactive ketones (excluding diaryl/α,β-unsaturated/α-hetero) is 1. The predicted molar refractivity (Wildman–Crippen MR) is 138 cm³/mol. The monoisotopic (exact) mass is 524 g/mol. The Morgan fingerprint density at radius 2 is 1.97 bits per heavy atom. The highest BCUT2D eigenvalue weighted by Crippen LogP contribution is 2.41. The molecule has 3 N–H and O–H groups in total. The number of hydrogen-bond donors (Lipinski definition) is 3. The van der Waals surface area contributed by atoms with E-state index in [4.69, 9.17) is 4.74 Å². The number of carbonyl (C=O) groups excluding carboxylic acids is 4. The molecule has 4 rings (SSSR count). The van der Waals surface area contributed by atoms with Crippen LogP contribution in [0.25, 0.3) is 0 Å². The molecule has 0 spiro atoms. The van der Waals surface area contributed by atoms with Gasteiger partial charge in [0.05, 0.1) is 11.8 Å². The molecule has 0 aromatic heterocycles. The van der Waals surface area contributed by atoms with Crippen molar-refractivity contribution >= 4 is 29.4 Å². The van der Waals surface area contributed by atoms with E-state index in [1.807, 2.05) is 0 Å². The molecule has 4 atom stereocenters. The molecule has 1 aromatic rings. The summed E-state index contributed by atoms with van der Waals surface area (Å²) in [5.74, 6) is -1.47. The lowest BCUT2D eigenvalue weighted by Gasteiger charge is -2.29. The van der Waals surface area contributed by atoms with Crippen LogP contribution in [0.5, 0.6) is 5.75 Å². The maximum absolute atomic E-state index is 13.7. The van der Waals surface area contributed by atoms with Gasteiger partial charge in [0.15, 0.2) is 5.78 Å². The summed E-state index contributed by atoms with van der Waals surface area (Å²) < 4.78 is 5.57. The Kier molecular flexibility index (Phi) is 7.95. The average Bonchev–Trinajstić information content (AvgIpc) is 3.42. The third-order valence-corrected chi connectivity index (χ3v) is 7.35. The predicted octanol–water partition coefficient (Wildman–Crippen LogP) is 2.97. The number of ether oxygens (including phenoxy) is 1. The summed E-state index contributed by atoms with van der Waals surface area (Å²) in [7, 11) is 0. The van der Waals surface area contributed by atoms with Gasteiger partial charge in [0.25, 0.3) is 0 Å². The largest absolute Gasteiger partial charge is 0.508 e. The minimum atomic E-state index is -0.920. The molecule has 0 radical (unpaired) electrons. The van der Waals surface area contributed by atoms with Crippen molar-refractivity contribution in [3.63, 3.8) is 0 Å². The Morgan fingerprint density at radius 3 is 2.58 bits per heavy atom. The van der Waals surface area contributed by atoms with Crippen molar-refractivity contribution < 1.29 is 29.0 Å². The van der Waals surface area contributed by atoms with Gasteiger partial charge in [0.1, 0.15) is 23.4 Å². The fraction of sp³-hybridized carbons (Fsp3) is 0.607. The first-order valence-corrected chi connectivity index (χ1v) is 13.3. The summed E-state index contributed by atoms with van der Waals surface area (Å²) in [6, 6.07) is 5.10. The Labute approximate surface area is 222 Å². The lowest BCUT2D eigenvalue weighted by Crippen LogP contribution is -2.47. The molecule has 1 aromatic carbocycles. The number of carbonyl (C=O) groups is 4. The van der Waals surface area contributed by atoms with Crippen LogP contribution in [0.2, 0.25) is 0 Å². The number of nitrogens with one attached hydrogen (secondary N) is 2. The molecule has 10 nitrogen and oxygen atoms in total. The number of nitriles is 1. The van der Waals surface area contributed by atoms with E-state index in [0.29, 0.717) is 36.6 Å². The molecule has 1 saturated carbocycles. The number of phenols is 1. The number of amides is 3. The van der Waals surface area contributed by atoms with Crippen LogP contribution in [-0.2, 0) is 25.5 Å². The first-order chi connectivity index (χ1) is 18.0. The van der Waals surface area contributed by atoms with E-state index in [9.17, 15) is 29.5 Å². The second-order valence-corrected chi connectivity index (χ2v) is 11.6. The number of nitrogens with zero attached hydrogens (tertiary/aromatic N) is 2. The number of ketones is 1. The molecule has 38 heavy (non-hydrogen) atoms. The first kappa shape index (κ1) is 27.4. The van der Waals surface area contributed by atoms with Gasteiger partial charge in [-0.15, -0.1) is 0 Å². The number of aromatic hydroxyl groups is 1. The molecule has 2 heterocycles.